The van der Waals surface area contributed by atoms with E-state index in [-0.39, 0.29) is 11.0 Å². The molecule has 0 amide bonds. The van der Waals surface area contributed by atoms with Gasteiger partial charge in [0.15, 0.2) is 16.8 Å². The lowest BCUT2D eigenvalue weighted by molar-refractivity contribution is 0.0993. The van der Waals surface area contributed by atoms with Crippen molar-refractivity contribution in [1.82, 2.24) is 14.8 Å². The molecule has 3 rings (SSSR count). The molecule has 0 saturated carbocycles. The van der Waals surface area contributed by atoms with Gasteiger partial charge in [-0.3, -0.25) is 9.36 Å². The SMILES string of the molecule is C=CCn1c(S[C@H](C)C(=O)c2ccc(C)c(C)c2)nnc1-c1ccccc1OC. The molecule has 0 aliphatic rings. The van der Waals surface area contributed by atoms with E-state index in [2.05, 4.69) is 16.8 Å². The van der Waals surface area contributed by atoms with Gasteiger partial charge in [-0.2, -0.15) is 0 Å². The van der Waals surface area contributed by atoms with Crippen molar-refractivity contribution in [3.8, 4) is 17.1 Å². The van der Waals surface area contributed by atoms with Gasteiger partial charge in [0.2, 0.25) is 0 Å². The Labute approximate surface area is 175 Å². The molecule has 0 aliphatic heterocycles. The topological polar surface area (TPSA) is 57.0 Å². The predicted molar refractivity (Wildman–Crippen MR) is 118 cm³/mol. The Morgan fingerprint density at radius 3 is 2.66 bits per heavy atom. The van der Waals surface area contributed by atoms with E-state index in [9.17, 15) is 4.79 Å². The van der Waals surface area contributed by atoms with E-state index in [0.29, 0.717) is 23.1 Å². The number of rotatable bonds is 8. The molecule has 150 valence electrons. The normalized spacial score (nSPS) is 11.9. The number of thioether (sulfide) groups is 1. The Hall–Kier alpha value is -2.86. The molecule has 1 heterocycles. The van der Waals surface area contributed by atoms with Crippen LogP contribution >= 0.6 is 11.8 Å². The standard InChI is InChI=1S/C23H25N3O2S/c1-6-13-26-22(19-9-7-8-10-20(19)28-5)24-25-23(26)29-17(4)21(27)18-12-11-15(2)16(3)14-18/h6-12,14,17H,1,13H2,2-5H3/t17-/m1/s1. The second kappa shape index (κ2) is 9.09. The first kappa shape index (κ1) is 20.9. The monoisotopic (exact) mass is 407 g/mol. The van der Waals surface area contributed by atoms with Crippen LogP contribution in [0.5, 0.6) is 5.75 Å². The van der Waals surface area contributed by atoms with E-state index in [0.717, 1.165) is 16.9 Å². The van der Waals surface area contributed by atoms with E-state index in [1.165, 1.54) is 17.3 Å². The lowest BCUT2D eigenvalue weighted by atomic mass is 10.0. The molecule has 0 N–H and O–H groups in total. The van der Waals surface area contributed by atoms with E-state index in [1.54, 1.807) is 13.2 Å². The minimum Gasteiger partial charge on any atom is -0.496 e. The number of para-hydroxylation sites is 1. The maximum atomic E-state index is 12.9. The zero-order chi connectivity index (χ0) is 21.0. The van der Waals surface area contributed by atoms with Gasteiger partial charge in [-0.15, -0.1) is 16.8 Å². The van der Waals surface area contributed by atoms with E-state index < -0.39 is 0 Å². The highest BCUT2D eigenvalue weighted by atomic mass is 32.2. The van der Waals surface area contributed by atoms with Crippen molar-refractivity contribution >= 4 is 17.5 Å². The first-order valence-electron chi connectivity index (χ1n) is 9.41. The number of Topliss-reactive ketones (excluding diaryl/α,β-unsaturated/α-hetero) is 1. The lowest BCUT2D eigenvalue weighted by Crippen LogP contribution is -2.15. The van der Waals surface area contributed by atoms with Crippen LogP contribution in [0.3, 0.4) is 0 Å². The summed E-state index contributed by atoms with van der Waals surface area (Å²) >= 11 is 1.40. The Kier molecular flexibility index (Phi) is 6.54. The van der Waals surface area contributed by atoms with Crippen molar-refractivity contribution < 1.29 is 9.53 Å². The quantitative estimate of drug-likeness (QED) is 0.295. The van der Waals surface area contributed by atoms with Crippen LogP contribution in [-0.4, -0.2) is 32.9 Å². The van der Waals surface area contributed by atoms with Crippen LogP contribution in [-0.2, 0) is 6.54 Å². The highest BCUT2D eigenvalue weighted by molar-refractivity contribution is 8.00. The molecule has 1 atom stereocenters. The third kappa shape index (κ3) is 4.43. The number of ketones is 1. The molecule has 1 aromatic heterocycles. The summed E-state index contributed by atoms with van der Waals surface area (Å²) in [6.07, 6.45) is 1.79. The minimum atomic E-state index is -0.296. The van der Waals surface area contributed by atoms with Crippen molar-refractivity contribution in [3.63, 3.8) is 0 Å². The Balaban J connectivity index is 1.90. The molecule has 0 saturated heterocycles. The van der Waals surface area contributed by atoms with Crippen LogP contribution in [0.15, 0.2) is 60.3 Å². The van der Waals surface area contributed by atoms with Crippen LogP contribution in [0.25, 0.3) is 11.4 Å². The molecule has 29 heavy (non-hydrogen) atoms. The number of aromatic nitrogens is 3. The summed E-state index contributed by atoms with van der Waals surface area (Å²) < 4.78 is 7.43. The second-order valence-corrected chi connectivity index (χ2v) is 8.14. The molecular weight excluding hydrogens is 382 g/mol. The first-order chi connectivity index (χ1) is 14.0. The maximum absolute atomic E-state index is 12.9. The summed E-state index contributed by atoms with van der Waals surface area (Å²) in [5.41, 5.74) is 3.85. The Bertz CT molecular complexity index is 1040. The zero-order valence-corrected chi connectivity index (χ0v) is 18.0. The van der Waals surface area contributed by atoms with Gasteiger partial charge in [-0.25, -0.2) is 0 Å². The number of hydrogen-bond acceptors (Lipinski definition) is 5. The number of methoxy groups -OCH3 is 1. The fraction of sp³-hybridized carbons (Fsp3) is 0.261. The number of carbonyl (C=O) groups is 1. The predicted octanol–water partition coefficient (Wildman–Crippen LogP) is 5.12. The summed E-state index contributed by atoms with van der Waals surface area (Å²) in [4.78, 5) is 12.9. The molecule has 0 fully saturated rings. The number of hydrogen-bond donors (Lipinski definition) is 0. The third-order valence-electron chi connectivity index (χ3n) is 4.82. The molecule has 2 aromatic carbocycles. The van der Waals surface area contributed by atoms with Crippen LogP contribution in [0.1, 0.15) is 28.4 Å². The molecule has 3 aromatic rings. The summed E-state index contributed by atoms with van der Waals surface area (Å²) in [6, 6.07) is 13.5. The average Bonchev–Trinajstić information content (AvgIpc) is 3.11. The van der Waals surface area contributed by atoms with Gasteiger partial charge >= 0.3 is 0 Å². The van der Waals surface area contributed by atoms with Gasteiger partial charge in [-0.1, -0.05) is 42.1 Å². The minimum absolute atomic E-state index is 0.0742. The van der Waals surface area contributed by atoms with Gasteiger partial charge in [-0.05, 0) is 50.1 Å². The molecule has 0 unspecified atom stereocenters. The molecule has 5 nitrogen and oxygen atoms in total. The Morgan fingerprint density at radius 1 is 1.21 bits per heavy atom. The van der Waals surface area contributed by atoms with Crippen LogP contribution in [0, 0.1) is 13.8 Å². The molecule has 0 aliphatic carbocycles. The van der Waals surface area contributed by atoms with Crippen molar-refractivity contribution in [3.05, 3.63) is 71.8 Å². The van der Waals surface area contributed by atoms with E-state index in [4.69, 9.17) is 4.74 Å². The fourth-order valence-corrected chi connectivity index (χ4v) is 3.97. The fourth-order valence-electron chi connectivity index (χ4n) is 3.04. The molecule has 0 radical (unpaired) electrons. The Morgan fingerprint density at radius 2 is 1.97 bits per heavy atom. The average molecular weight is 408 g/mol. The summed E-state index contributed by atoms with van der Waals surface area (Å²) in [5.74, 6) is 1.49. The van der Waals surface area contributed by atoms with Gasteiger partial charge in [0, 0.05) is 12.1 Å². The van der Waals surface area contributed by atoms with Crippen molar-refractivity contribution in [1.29, 1.82) is 0 Å². The molecule has 6 heteroatoms. The summed E-state index contributed by atoms with van der Waals surface area (Å²) in [7, 11) is 1.63. The number of ether oxygens (including phenoxy) is 1. The second-order valence-electron chi connectivity index (χ2n) is 6.83. The van der Waals surface area contributed by atoms with Crippen molar-refractivity contribution in [2.75, 3.05) is 7.11 Å². The zero-order valence-electron chi connectivity index (χ0n) is 17.2. The van der Waals surface area contributed by atoms with Crippen LogP contribution in [0.2, 0.25) is 0 Å². The van der Waals surface area contributed by atoms with Gasteiger partial charge in [0.25, 0.3) is 0 Å². The first-order valence-corrected chi connectivity index (χ1v) is 10.3. The third-order valence-corrected chi connectivity index (χ3v) is 5.90. The van der Waals surface area contributed by atoms with E-state index in [1.807, 2.05) is 67.8 Å². The molecule has 0 bridgehead atoms. The maximum Gasteiger partial charge on any atom is 0.192 e. The largest absolute Gasteiger partial charge is 0.496 e. The van der Waals surface area contributed by atoms with E-state index >= 15 is 0 Å². The number of allylic oxidation sites excluding steroid dienone is 1. The van der Waals surface area contributed by atoms with Crippen molar-refractivity contribution in [2.45, 2.75) is 37.7 Å². The van der Waals surface area contributed by atoms with Crippen LogP contribution in [0.4, 0.5) is 0 Å². The highest BCUT2D eigenvalue weighted by Gasteiger charge is 2.22. The smallest absolute Gasteiger partial charge is 0.192 e. The number of aryl methyl sites for hydroxylation is 2. The van der Waals surface area contributed by atoms with Gasteiger partial charge < -0.3 is 4.74 Å². The number of carbonyl (C=O) groups excluding carboxylic acids is 1. The molecular formula is C23H25N3O2S. The van der Waals surface area contributed by atoms with Gasteiger partial charge in [0.05, 0.1) is 17.9 Å². The van der Waals surface area contributed by atoms with Gasteiger partial charge in [0.1, 0.15) is 5.75 Å². The highest BCUT2D eigenvalue weighted by Crippen LogP contribution is 2.32. The summed E-state index contributed by atoms with van der Waals surface area (Å²) in [5, 5.41) is 9.11. The number of benzene rings is 2. The molecule has 0 spiro atoms. The van der Waals surface area contributed by atoms with Crippen LogP contribution < -0.4 is 4.74 Å². The lowest BCUT2D eigenvalue weighted by Gasteiger charge is -2.13. The van der Waals surface area contributed by atoms with Crippen molar-refractivity contribution in [2.24, 2.45) is 0 Å². The summed E-state index contributed by atoms with van der Waals surface area (Å²) in [6.45, 7) is 10.3. The number of nitrogens with zero attached hydrogens (tertiary/aromatic N) is 3.